The van der Waals surface area contributed by atoms with Crippen LogP contribution in [0.4, 0.5) is 5.69 Å². The highest BCUT2D eigenvalue weighted by Crippen LogP contribution is 2.25. The third-order valence-corrected chi connectivity index (χ3v) is 6.76. The molecule has 0 radical (unpaired) electrons. The number of carbonyl (C=O) groups is 3. The fourth-order valence-corrected chi connectivity index (χ4v) is 4.79. The maximum absolute atomic E-state index is 13.0. The molecule has 2 aliphatic rings. The Labute approximate surface area is 208 Å². The zero-order valence-electron chi connectivity index (χ0n) is 19.9. The van der Waals surface area contributed by atoms with E-state index in [1.165, 1.54) is 0 Å². The van der Waals surface area contributed by atoms with E-state index < -0.39 is 5.91 Å². The second-order valence-corrected chi connectivity index (χ2v) is 9.04. The van der Waals surface area contributed by atoms with Crippen LogP contribution in [0.1, 0.15) is 33.8 Å². The van der Waals surface area contributed by atoms with Gasteiger partial charge in [0.1, 0.15) is 5.58 Å². The number of likely N-dealkylation sites (tertiary alicyclic amines) is 1. The molecule has 186 valence electrons. The number of carbonyl (C=O) groups excluding carboxylic acids is 3. The number of nitrogens with one attached hydrogen (secondary N) is 1. The maximum atomic E-state index is 13.0. The van der Waals surface area contributed by atoms with Crippen LogP contribution in [0.5, 0.6) is 0 Å². The van der Waals surface area contributed by atoms with E-state index >= 15 is 0 Å². The Morgan fingerprint density at radius 3 is 2.31 bits per heavy atom. The lowest BCUT2D eigenvalue weighted by molar-refractivity contribution is -0.130. The van der Waals surface area contributed by atoms with Crippen molar-refractivity contribution in [2.24, 2.45) is 0 Å². The van der Waals surface area contributed by atoms with E-state index in [2.05, 4.69) is 10.2 Å². The van der Waals surface area contributed by atoms with Crippen LogP contribution >= 0.6 is 0 Å². The topological polar surface area (TPSA) is 103 Å². The highest BCUT2D eigenvalue weighted by molar-refractivity contribution is 6.00. The molecule has 0 atom stereocenters. The Kier molecular flexibility index (Phi) is 6.71. The largest absolute Gasteiger partial charge is 0.451 e. The number of hydrogen-bond donors (Lipinski definition) is 1. The van der Waals surface area contributed by atoms with Crippen molar-refractivity contribution in [3.8, 4) is 0 Å². The van der Waals surface area contributed by atoms with Crippen LogP contribution < -0.4 is 15.6 Å². The van der Waals surface area contributed by atoms with Crippen molar-refractivity contribution in [2.45, 2.75) is 12.8 Å². The smallest absolute Gasteiger partial charge is 0.287 e. The van der Waals surface area contributed by atoms with Crippen LogP contribution in [0, 0.1) is 0 Å². The normalized spacial score (nSPS) is 15.8. The minimum absolute atomic E-state index is 0.0599. The van der Waals surface area contributed by atoms with Crippen LogP contribution in [0.3, 0.4) is 0 Å². The molecule has 2 aliphatic heterocycles. The molecular weight excluding hydrogens is 460 g/mol. The van der Waals surface area contributed by atoms with Crippen LogP contribution in [0.2, 0.25) is 0 Å². The summed E-state index contributed by atoms with van der Waals surface area (Å²) in [6, 6.07) is 15.5. The van der Waals surface area contributed by atoms with Gasteiger partial charge in [-0.15, -0.1) is 0 Å². The zero-order chi connectivity index (χ0) is 25.1. The number of fused-ring (bicyclic) bond motifs is 1. The van der Waals surface area contributed by atoms with Crippen molar-refractivity contribution in [3.05, 3.63) is 76.1 Å². The minimum Gasteiger partial charge on any atom is -0.451 e. The van der Waals surface area contributed by atoms with Gasteiger partial charge in [0, 0.05) is 51.0 Å². The quantitative estimate of drug-likeness (QED) is 0.590. The maximum Gasteiger partial charge on any atom is 0.287 e. The average Bonchev–Trinajstić information content (AvgIpc) is 3.46. The Balaban J connectivity index is 1.17. The number of piperazine rings is 1. The van der Waals surface area contributed by atoms with E-state index in [1.54, 1.807) is 29.2 Å². The second-order valence-electron chi connectivity index (χ2n) is 9.04. The van der Waals surface area contributed by atoms with Crippen molar-refractivity contribution in [3.63, 3.8) is 0 Å². The third kappa shape index (κ3) is 4.82. The number of anilines is 1. The molecule has 0 saturated carbocycles. The molecule has 3 amide bonds. The van der Waals surface area contributed by atoms with E-state index in [0.717, 1.165) is 37.7 Å². The predicted octanol–water partition coefficient (Wildman–Crippen LogP) is 2.11. The minimum atomic E-state index is -0.612. The molecule has 0 aliphatic carbocycles. The molecule has 9 nitrogen and oxygen atoms in total. The molecule has 0 bridgehead atoms. The second kappa shape index (κ2) is 10.2. The number of benzene rings is 2. The Hall–Kier alpha value is -4.14. The molecule has 1 N–H and O–H groups in total. The summed E-state index contributed by atoms with van der Waals surface area (Å²) in [4.78, 5) is 56.2. The summed E-state index contributed by atoms with van der Waals surface area (Å²) in [5, 5.41) is 2.95. The van der Waals surface area contributed by atoms with Crippen LogP contribution in [-0.4, -0.2) is 73.3 Å². The molecule has 2 fully saturated rings. The molecule has 36 heavy (non-hydrogen) atoms. The van der Waals surface area contributed by atoms with Crippen LogP contribution in [0.15, 0.2) is 63.8 Å². The van der Waals surface area contributed by atoms with Gasteiger partial charge in [0.2, 0.25) is 5.91 Å². The summed E-state index contributed by atoms with van der Waals surface area (Å²) in [7, 11) is 0. The van der Waals surface area contributed by atoms with E-state index in [-0.39, 0.29) is 29.5 Å². The molecule has 2 saturated heterocycles. The monoisotopic (exact) mass is 488 g/mol. The van der Waals surface area contributed by atoms with E-state index in [0.29, 0.717) is 42.7 Å². The van der Waals surface area contributed by atoms with Gasteiger partial charge in [-0.05, 0) is 37.1 Å². The molecule has 0 unspecified atom stereocenters. The molecule has 0 spiro atoms. The lowest BCUT2D eigenvalue weighted by Gasteiger charge is -2.37. The summed E-state index contributed by atoms with van der Waals surface area (Å²) < 4.78 is 5.54. The third-order valence-electron chi connectivity index (χ3n) is 6.76. The van der Waals surface area contributed by atoms with Gasteiger partial charge in [-0.3, -0.25) is 19.2 Å². The van der Waals surface area contributed by atoms with Gasteiger partial charge >= 0.3 is 0 Å². The summed E-state index contributed by atoms with van der Waals surface area (Å²) in [5.74, 6) is -0.896. The first kappa shape index (κ1) is 23.6. The predicted molar refractivity (Wildman–Crippen MR) is 135 cm³/mol. The van der Waals surface area contributed by atoms with E-state index in [1.807, 2.05) is 29.2 Å². The first-order valence-corrected chi connectivity index (χ1v) is 12.2. The first-order chi connectivity index (χ1) is 17.5. The summed E-state index contributed by atoms with van der Waals surface area (Å²) >= 11 is 0. The van der Waals surface area contributed by atoms with Gasteiger partial charge in [0.25, 0.3) is 11.8 Å². The number of nitrogens with zero attached hydrogens (tertiary/aromatic N) is 3. The summed E-state index contributed by atoms with van der Waals surface area (Å²) in [5.41, 5.74) is 1.60. The van der Waals surface area contributed by atoms with Gasteiger partial charge in [-0.2, -0.15) is 0 Å². The van der Waals surface area contributed by atoms with Gasteiger partial charge in [-0.25, -0.2) is 0 Å². The molecule has 9 heteroatoms. The molecule has 3 heterocycles. The van der Waals surface area contributed by atoms with Crippen LogP contribution in [-0.2, 0) is 4.79 Å². The lowest BCUT2D eigenvalue weighted by atomic mass is 10.1. The standard InChI is InChI=1S/C27H28N4O5/c32-22-17-24(36-23-10-4-2-8-20(22)23)26(34)28-18-25(33)30-15-13-29(14-16-30)21-9-3-1-7-19(21)27(35)31-11-5-6-12-31/h1-4,7-10,17H,5-6,11-16,18H2,(H,28,34). The SMILES string of the molecule is O=C(NCC(=O)N1CCN(c2ccccc2C(=O)N2CCCC2)CC1)c1cc(=O)c2ccccc2o1. The van der Waals surface area contributed by atoms with Crippen molar-refractivity contribution in [1.29, 1.82) is 0 Å². The van der Waals surface area contributed by atoms with Crippen LogP contribution in [0.25, 0.3) is 11.0 Å². The van der Waals surface area contributed by atoms with E-state index in [9.17, 15) is 19.2 Å². The van der Waals surface area contributed by atoms with Crippen molar-refractivity contribution >= 4 is 34.4 Å². The van der Waals surface area contributed by atoms with Crippen molar-refractivity contribution in [2.75, 3.05) is 50.7 Å². The Morgan fingerprint density at radius 2 is 1.53 bits per heavy atom. The highest BCUT2D eigenvalue weighted by atomic mass is 16.3. The van der Waals surface area contributed by atoms with E-state index in [4.69, 9.17) is 4.42 Å². The molecule has 3 aromatic rings. The van der Waals surface area contributed by atoms with Gasteiger partial charge in [0.15, 0.2) is 11.2 Å². The summed E-state index contributed by atoms with van der Waals surface area (Å²) in [6.45, 7) is 3.53. The summed E-state index contributed by atoms with van der Waals surface area (Å²) in [6.07, 6.45) is 2.08. The molecular formula is C27H28N4O5. The first-order valence-electron chi connectivity index (χ1n) is 12.2. The zero-order valence-corrected chi connectivity index (χ0v) is 19.9. The molecule has 5 rings (SSSR count). The lowest BCUT2D eigenvalue weighted by Crippen LogP contribution is -2.51. The van der Waals surface area contributed by atoms with Gasteiger partial charge < -0.3 is 24.4 Å². The molecule has 2 aromatic carbocycles. The fourth-order valence-electron chi connectivity index (χ4n) is 4.79. The Bertz CT molecular complexity index is 1350. The van der Waals surface area contributed by atoms with Gasteiger partial charge in [0.05, 0.1) is 17.5 Å². The van der Waals surface area contributed by atoms with Gasteiger partial charge in [-0.1, -0.05) is 24.3 Å². The van der Waals surface area contributed by atoms with Crippen molar-refractivity contribution < 1.29 is 18.8 Å². The fraction of sp³-hybridized carbons (Fsp3) is 0.333. The van der Waals surface area contributed by atoms with Crippen molar-refractivity contribution in [1.82, 2.24) is 15.1 Å². The highest BCUT2D eigenvalue weighted by Gasteiger charge is 2.27. The molecule has 1 aromatic heterocycles. The number of para-hydroxylation sites is 2. The number of rotatable bonds is 5. The Morgan fingerprint density at radius 1 is 0.833 bits per heavy atom. The number of amides is 3. The average molecular weight is 489 g/mol. The number of hydrogen-bond acceptors (Lipinski definition) is 6.